The lowest BCUT2D eigenvalue weighted by Crippen LogP contribution is -2.43. The zero-order valence-electron chi connectivity index (χ0n) is 12.5. The summed E-state index contributed by atoms with van der Waals surface area (Å²) >= 11 is 1.85. The number of thioether (sulfide) groups is 1. The fourth-order valence-electron chi connectivity index (χ4n) is 2.70. The van der Waals surface area contributed by atoms with Crippen LogP contribution in [0.1, 0.15) is 30.7 Å². The van der Waals surface area contributed by atoms with Crippen molar-refractivity contribution >= 4 is 17.8 Å². The standard InChI is InChI=1S/C17H20N2O2S/c1-12(11-13-5-4-9-21-13)18-17(20)19-15-8-10-22-16-7-3-2-6-14(15)16/h2-7,9,12,15H,8,10-11H2,1H3,(H2,18,19,20)/t12-,15-/m1/s1. The summed E-state index contributed by atoms with van der Waals surface area (Å²) in [6.45, 7) is 1.98. The molecule has 0 saturated carbocycles. The molecule has 0 saturated heterocycles. The average molecular weight is 316 g/mol. The van der Waals surface area contributed by atoms with Crippen LogP contribution in [-0.4, -0.2) is 17.8 Å². The number of carbonyl (C=O) groups is 1. The van der Waals surface area contributed by atoms with Gasteiger partial charge in [-0.1, -0.05) is 18.2 Å². The SMILES string of the molecule is C[C@H](Cc1ccco1)NC(=O)N[C@@H]1CCSc2ccccc21. The number of benzene rings is 1. The van der Waals surface area contributed by atoms with Gasteiger partial charge in [-0.25, -0.2) is 4.79 Å². The van der Waals surface area contributed by atoms with Gasteiger partial charge in [-0.2, -0.15) is 0 Å². The molecule has 2 amide bonds. The predicted octanol–water partition coefficient (Wildman–Crippen LogP) is 3.75. The maximum atomic E-state index is 12.2. The lowest BCUT2D eigenvalue weighted by Gasteiger charge is -2.26. The van der Waals surface area contributed by atoms with Gasteiger partial charge in [-0.15, -0.1) is 11.8 Å². The first-order valence-corrected chi connectivity index (χ1v) is 8.52. The quantitative estimate of drug-likeness (QED) is 0.903. The summed E-state index contributed by atoms with van der Waals surface area (Å²) in [6.07, 6.45) is 3.30. The van der Waals surface area contributed by atoms with E-state index in [4.69, 9.17) is 4.42 Å². The van der Waals surface area contributed by atoms with Crippen LogP contribution in [0.4, 0.5) is 4.79 Å². The summed E-state index contributed by atoms with van der Waals surface area (Å²) < 4.78 is 5.31. The molecule has 1 aromatic carbocycles. The Labute approximate surface area is 134 Å². The topological polar surface area (TPSA) is 54.3 Å². The lowest BCUT2D eigenvalue weighted by molar-refractivity contribution is 0.233. The molecule has 1 aromatic heterocycles. The summed E-state index contributed by atoms with van der Waals surface area (Å²) in [5, 5.41) is 6.07. The zero-order chi connectivity index (χ0) is 15.4. The summed E-state index contributed by atoms with van der Waals surface area (Å²) in [5.41, 5.74) is 1.22. The number of amides is 2. The Balaban J connectivity index is 1.56. The summed E-state index contributed by atoms with van der Waals surface area (Å²) in [4.78, 5) is 13.5. The minimum Gasteiger partial charge on any atom is -0.469 e. The molecule has 0 fully saturated rings. The second-order valence-corrected chi connectivity index (χ2v) is 6.67. The van der Waals surface area contributed by atoms with E-state index in [1.54, 1.807) is 6.26 Å². The van der Waals surface area contributed by atoms with Crippen LogP contribution >= 0.6 is 11.8 Å². The molecule has 2 atom stereocenters. The second kappa shape index (κ2) is 6.92. The van der Waals surface area contributed by atoms with Crippen LogP contribution in [0.15, 0.2) is 52.0 Å². The molecular formula is C17H20N2O2S. The number of nitrogens with one attached hydrogen (secondary N) is 2. The maximum absolute atomic E-state index is 12.2. The molecule has 4 nitrogen and oxygen atoms in total. The number of furan rings is 1. The highest BCUT2D eigenvalue weighted by Crippen LogP contribution is 2.35. The van der Waals surface area contributed by atoms with Gasteiger partial charge in [0.15, 0.2) is 0 Å². The molecule has 0 aliphatic carbocycles. The molecule has 0 radical (unpaired) electrons. The second-order valence-electron chi connectivity index (χ2n) is 5.53. The third kappa shape index (κ3) is 3.65. The van der Waals surface area contributed by atoms with E-state index in [1.165, 1.54) is 10.5 Å². The van der Waals surface area contributed by atoms with Gasteiger partial charge >= 0.3 is 6.03 Å². The normalized spacial score (nSPS) is 18.3. The predicted molar refractivity (Wildman–Crippen MR) is 88.1 cm³/mol. The molecule has 3 rings (SSSR count). The van der Waals surface area contributed by atoms with E-state index in [9.17, 15) is 4.79 Å². The Hall–Kier alpha value is -1.88. The third-order valence-corrected chi connectivity index (χ3v) is 4.85. The lowest BCUT2D eigenvalue weighted by atomic mass is 10.0. The average Bonchev–Trinajstić information content (AvgIpc) is 3.00. The molecule has 1 aliphatic heterocycles. The van der Waals surface area contributed by atoms with E-state index in [-0.39, 0.29) is 18.1 Å². The van der Waals surface area contributed by atoms with Crippen molar-refractivity contribution in [3.63, 3.8) is 0 Å². The highest BCUT2D eigenvalue weighted by Gasteiger charge is 2.22. The number of fused-ring (bicyclic) bond motifs is 1. The molecule has 116 valence electrons. The van der Waals surface area contributed by atoms with Crippen molar-refractivity contribution in [1.29, 1.82) is 0 Å². The Morgan fingerprint density at radius 2 is 2.23 bits per heavy atom. The molecular weight excluding hydrogens is 296 g/mol. The van der Waals surface area contributed by atoms with E-state index >= 15 is 0 Å². The van der Waals surface area contributed by atoms with Crippen LogP contribution in [0.5, 0.6) is 0 Å². The number of rotatable bonds is 4. The summed E-state index contributed by atoms with van der Waals surface area (Å²) in [7, 11) is 0. The smallest absolute Gasteiger partial charge is 0.315 e. The van der Waals surface area contributed by atoms with Crippen LogP contribution in [0, 0.1) is 0 Å². The van der Waals surface area contributed by atoms with Crippen LogP contribution in [0.3, 0.4) is 0 Å². The van der Waals surface area contributed by atoms with Crippen molar-refractivity contribution in [2.45, 2.75) is 36.7 Å². The van der Waals surface area contributed by atoms with Crippen molar-refractivity contribution < 1.29 is 9.21 Å². The van der Waals surface area contributed by atoms with E-state index in [1.807, 2.05) is 43.0 Å². The van der Waals surface area contributed by atoms with E-state index < -0.39 is 0 Å². The van der Waals surface area contributed by atoms with Gasteiger partial charge in [0.05, 0.1) is 12.3 Å². The molecule has 0 spiro atoms. The largest absolute Gasteiger partial charge is 0.469 e. The maximum Gasteiger partial charge on any atom is 0.315 e. The first-order chi connectivity index (χ1) is 10.7. The van der Waals surface area contributed by atoms with E-state index in [0.29, 0.717) is 6.42 Å². The van der Waals surface area contributed by atoms with Gasteiger partial charge in [0.2, 0.25) is 0 Å². The minimum atomic E-state index is -0.120. The Kier molecular flexibility index (Phi) is 4.73. The van der Waals surface area contributed by atoms with Gasteiger partial charge in [0.25, 0.3) is 0 Å². The number of carbonyl (C=O) groups excluding carboxylic acids is 1. The van der Waals surface area contributed by atoms with Gasteiger partial charge in [-0.05, 0) is 37.1 Å². The third-order valence-electron chi connectivity index (χ3n) is 3.73. The van der Waals surface area contributed by atoms with Gasteiger partial charge in [0, 0.05) is 23.1 Å². The van der Waals surface area contributed by atoms with E-state index in [2.05, 4.69) is 22.8 Å². The molecule has 22 heavy (non-hydrogen) atoms. The highest BCUT2D eigenvalue weighted by molar-refractivity contribution is 7.99. The molecule has 2 aromatic rings. The molecule has 0 unspecified atom stereocenters. The Morgan fingerprint density at radius 1 is 1.36 bits per heavy atom. The van der Waals surface area contributed by atoms with Crippen LogP contribution in [0.2, 0.25) is 0 Å². The minimum absolute atomic E-state index is 0.0272. The fourth-order valence-corrected chi connectivity index (χ4v) is 3.82. The first-order valence-electron chi connectivity index (χ1n) is 7.53. The first kappa shape index (κ1) is 15.0. The van der Waals surface area contributed by atoms with Gasteiger partial charge in [0.1, 0.15) is 5.76 Å². The van der Waals surface area contributed by atoms with E-state index in [0.717, 1.165) is 17.9 Å². The Bertz CT molecular complexity index is 627. The molecule has 0 bridgehead atoms. The van der Waals surface area contributed by atoms with Crippen LogP contribution in [0.25, 0.3) is 0 Å². The monoisotopic (exact) mass is 316 g/mol. The summed E-state index contributed by atoms with van der Waals surface area (Å²) in [5.74, 6) is 1.91. The van der Waals surface area contributed by atoms with Gasteiger partial charge in [-0.3, -0.25) is 0 Å². The van der Waals surface area contributed by atoms with Gasteiger partial charge < -0.3 is 15.1 Å². The molecule has 5 heteroatoms. The van der Waals surface area contributed by atoms with Crippen LogP contribution < -0.4 is 10.6 Å². The number of hydrogen-bond acceptors (Lipinski definition) is 3. The van der Waals surface area contributed by atoms with Crippen molar-refractivity contribution in [2.24, 2.45) is 0 Å². The van der Waals surface area contributed by atoms with Crippen molar-refractivity contribution in [3.8, 4) is 0 Å². The number of hydrogen-bond donors (Lipinski definition) is 2. The van der Waals surface area contributed by atoms with Crippen molar-refractivity contribution in [3.05, 3.63) is 54.0 Å². The van der Waals surface area contributed by atoms with Crippen molar-refractivity contribution in [2.75, 3.05) is 5.75 Å². The Morgan fingerprint density at radius 3 is 3.05 bits per heavy atom. The fraction of sp³-hybridized carbons (Fsp3) is 0.353. The molecule has 2 heterocycles. The number of urea groups is 1. The zero-order valence-corrected chi connectivity index (χ0v) is 13.4. The highest BCUT2D eigenvalue weighted by atomic mass is 32.2. The summed E-state index contributed by atoms with van der Waals surface area (Å²) in [6, 6.07) is 12.1. The molecule has 1 aliphatic rings. The molecule has 2 N–H and O–H groups in total. The van der Waals surface area contributed by atoms with Crippen molar-refractivity contribution in [1.82, 2.24) is 10.6 Å². The van der Waals surface area contributed by atoms with Crippen LogP contribution in [-0.2, 0) is 6.42 Å².